The molecule has 3 rings (SSSR count). The van der Waals surface area contributed by atoms with Gasteiger partial charge in [0.25, 0.3) is 0 Å². The molecule has 3 aromatic rings. The number of hydrogen-bond donors (Lipinski definition) is 1. The van der Waals surface area contributed by atoms with Crippen LogP contribution in [0.5, 0.6) is 0 Å². The van der Waals surface area contributed by atoms with Gasteiger partial charge in [0, 0.05) is 16.2 Å². The van der Waals surface area contributed by atoms with Gasteiger partial charge in [-0.2, -0.15) is 0 Å². The second-order valence-corrected chi connectivity index (χ2v) is 5.37. The molecule has 1 aromatic carbocycles. The van der Waals surface area contributed by atoms with Crippen LogP contribution in [0.2, 0.25) is 5.02 Å². The van der Waals surface area contributed by atoms with Crippen LogP contribution in [0.3, 0.4) is 0 Å². The minimum atomic E-state index is -0.372. The highest BCUT2D eigenvalue weighted by Gasteiger charge is 2.14. The Morgan fingerprint density at radius 1 is 1.26 bits per heavy atom. The summed E-state index contributed by atoms with van der Waals surface area (Å²) in [7, 11) is 0. The largest absolute Gasteiger partial charge is 0.383 e. The van der Waals surface area contributed by atoms with Crippen LogP contribution >= 0.6 is 27.5 Å². The Morgan fingerprint density at radius 2 is 2.05 bits per heavy atom. The fraction of sp³-hybridized carbons (Fsp3) is 0. The van der Waals surface area contributed by atoms with Gasteiger partial charge in [-0.25, -0.2) is 9.37 Å². The number of pyridine rings is 1. The van der Waals surface area contributed by atoms with Crippen molar-refractivity contribution in [1.82, 2.24) is 9.38 Å². The van der Waals surface area contributed by atoms with Gasteiger partial charge in [-0.15, -0.1) is 0 Å². The number of anilines is 1. The van der Waals surface area contributed by atoms with Crippen LogP contribution in [0.4, 0.5) is 10.2 Å². The Balaban J connectivity index is 2.31. The SMILES string of the molecule is Nc1c(-c2cc(Br)ccc2Cl)nc2ccc(F)cn12. The zero-order chi connectivity index (χ0) is 13.6. The van der Waals surface area contributed by atoms with E-state index in [-0.39, 0.29) is 5.82 Å². The van der Waals surface area contributed by atoms with E-state index >= 15 is 0 Å². The smallest absolute Gasteiger partial charge is 0.140 e. The van der Waals surface area contributed by atoms with Crippen molar-refractivity contribution in [2.75, 3.05) is 5.73 Å². The molecule has 0 amide bonds. The fourth-order valence-electron chi connectivity index (χ4n) is 1.91. The minimum absolute atomic E-state index is 0.356. The highest BCUT2D eigenvalue weighted by molar-refractivity contribution is 9.10. The summed E-state index contributed by atoms with van der Waals surface area (Å²) in [6.45, 7) is 0. The predicted molar refractivity (Wildman–Crippen MR) is 77.7 cm³/mol. The standard InChI is InChI=1S/C13H8BrClFN3/c14-7-1-3-10(15)9(5-7)12-13(17)19-6-8(16)2-4-11(19)18-12/h1-6H,17H2. The lowest BCUT2D eigenvalue weighted by molar-refractivity contribution is 0.619. The molecule has 2 heterocycles. The van der Waals surface area contributed by atoms with Gasteiger partial charge in [0.2, 0.25) is 0 Å². The van der Waals surface area contributed by atoms with Gasteiger partial charge in [-0.3, -0.25) is 4.40 Å². The van der Waals surface area contributed by atoms with Crippen molar-refractivity contribution in [2.45, 2.75) is 0 Å². The summed E-state index contributed by atoms with van der Waals surface area (Å²) >= 11 is 9.54. The van der Waals surface area contributed by atoms with Crippen molar-refractivity contribution >= 4 is 39.0 Å². The quantitative estimate of drug-likeness (QED) is 0.723. The number of fused-ring (bicyclic) bond motifs is 1. The van der Waals surface area contributed by atoms with E-state index in [4.69, 9.17) is 17.3 Å². The number of rotatable bonds is 1. The third-order valence-corrected chi connectivity index (χ3v) is 3.63. The molecule has 6 heteroatoms. The van der Waals surface area contributed by atoms with Gasteiger partial charge in [-0.05, 0) is 30.3 Å². The molecule has 0 unspecified atom stereocenters. The van der Waals surface area contributed by atoms with E-state index < -0.39 is 0 Å². The van der Waals surface area contributed by atoms with Crippen LogP contribution in [-0.2, 0) is 0 Å². The summed E-state index contributed by atoms with van der Waals surface area (Å²) in [5, 5.41) is 0.541. The van der Waals surface area contributed by atoms with Crippen molar-refractivity contribution in [3.05, 3.63) is 51.8 Å². The molecule has 0 spiro atoms. The monoisotopic (exact) mass is 339 g/mol. The van der Waals surface area contributed by atoms with Crippen LogP contribution in [0, 0.1) is 5.82 Å². The second-order valence-electron chi connectivity index (χ2n) is 4.05. The zero-order valence-corrected chi connectivity index (χ0v) is 11.9. The maximum atomic E-state index is 13.2. The Hall–Kier alpha value is -1.59. The average Bonchev–Trinajstić information content (AvgIpc) is 2.70. The van der Waals surface area contributed by atoms with Gasteiger partial charge in [-0.1, -0.05) is 27.5 Å². The molecule has 2 aromatic heterocycles. The van der Waals surface area contributed by atoms with Gasteiger partial charge in [0.1, 0.15) is 23.0 Å². The first-order valence-electron chi connectivity index (χ1n) is 5.45. The normalized spacial score (nSPS) is 11.1. The van der Waals surface area contributed by atoms with Gasteiger partial charge >= 0.3 is 0 Å². The Kier molecular flexibility index (Phi) is 2.95. The van der Waals surface area contributed by atoms with E-state index in [0.29, 0.717) is 27.7 Å². The number of nitrogen functional groups attached to an aromatic ring is 1. The van der Waals surface area contributed by atoms with Crippen molar-refractivity contribution in [3.8, 4) is 11.3 Å². The number of hydrogen-bond acceptors (Lipinski definition) is 2. The summed E-state index contributed by atoms with van der Waals surface area (Å²) in [4.78, 5) is 4.39. The number of aromatic nitrogens is 2. The molecule has 0 aliphatic carbocycles. The molecular weight excluding hydrogens is 333 g/mol. The predicted octanol–water partition coefficient (Wildman–Crippen LogP) is 4.14. The molecule has 0 radical (unpaired) electrons. The van der Waals surface area contributed by atoms with Crippen LogP contribution in [-0.4, -0.2) is 9.38 Å². The highest BCUT2D eigenvalue weighted by Crippen LogP contribution is 2.34. The maximum Gasteiger partial charge on any atom is 0.140 e. The second kappa shape index (κ2) is 4.51. The van der Waals surface area contributed by atoms with E-state index in [2.05, 4.69) is 20.9 Å². The first-order valence-corrected chi connectivity index (χ1v) is 6.62. The van der Waals surface area contributed by atoms with Crippen LogP contribution in [0.1, 0.15) is 0 Å². The third-order valence-electron chi connectivity index (χ3n) is 2.80. The molecule has 0 atom stereocenters. The van der Waals surface area contributed by atoms with Gasteiger partial charge in [0.05, 0.1) is 5.02 Å². The molecule has 0 saturated carbocycles. The number of nitrogens with two attached hydrogens (primary N) is 1. The van der Waals surface area contributed by atoms with Crippen LogP contribution < -0.4 is 5.73 Å². The molecule has 96 valence electrons. The summed E-state index contributed by atoms with van der Waals surface area (Å²) in [5.74, 6) is -0.0158. The average molecular weight is 341 g/mol. The summed E-state index contributed by atoms with van der Waals surface area (Å²) < 4.78 is 15.6. The summed E-state index contributed by atoms with van der Waals surface area (Å²) in [6, 6.07) is 8.33. The molecule has 0 fully saturated rings. The molecule has 0 bridgehead atoms. The number of benzene rings is 1. The molecule has 0 saturated heterocycles. The zero-order valence-electron chi connectivity index (χ0n) is 9.57. The van der Waals surface area contributed by atoms with Crippen molar-refractivity contribution in [3.63, 3.8) is 0 Å². The Morgan fingerprint density at radius 3 is 2.84 bits per heavy atom. The van der Waals surface area contributed by atoms with E-state index in [1.165, 1.54) is 16.7 Å². The topological polar surface area (TPSA) is 43.3 Å². The first-order chi connectivity index (χ1) is 9.06. The third kappa shape index (κ3) is 2.09. The van der Waals surface area contributed by atoms with Gasteiger partial charge < -0.3 is 5.73 Å². The molecular formula is C13H8BrClFN3. The van der Waals surface area contributed by atoms with Crippen molar-refractivity contribution in [1.29, 1.82) is 0 Å². The van der Waals surface area contributed by atoms with Crippen LogP contribution in [0.25, 0.3) is 16.9 Å². The molecule has 3 nitrogen and oxygen atoms in total. The van der Waals surface area contributed by atoms with Crippen molar-refractivity contribution < 1.29 is 4.39 Å². The fourth-order valence-corrected chi connectivity index (χ4v) is 2.48. The first kappa shape index (κ1) is 12.4. The minimum Gasteiger partial charge on any atom is -0.383 e. The molecule has 0 aliphatic rings. The van der Waals surface area contributed by atoms with E-state index in [9.17, 15) is 4.39 Å². The lowest BCUT2D eigenvalue weighted by Crippen LogP contribution is -1.95. The summed E-state index contributed by atoms with van der Waals surface area (Å²) in [5.41, 5.74) is 7.84. The lowest BCUT2D eigenvalue weighted by Gasteiger charge is -2.03. The van der Waals surface area contributed by atoms with Crippen molar-refractivity contribution in [2.24, 2.45) is 0 Å². The number of imidazole rings is 1. The van der Waals surface area contributed by atoms with Gasteiger partial charge in [0.15, 0.2) is 0 Å². The number of halogens is 3. The Labute approximate surface area is 122 Å². The van der Waals surface area contributed by atoms with Crippen LogP contribution in [0.15, 0.2) is 41.0 Å². The molecule has 0 aliphatic heterocycles. The van der Waals surface area contributed by atoms with E-state index in [1.54, 1.807) is 12.1 Å². The number of nitrogens with zero attached hydrogens (tertiary/aromatic N) is 2. The highest BCUT2D eigenvalue weighted by atomic mass is 79.9. The van der Waals surface area contributed by atoms with E-state index in [0.717, 1.165) is 4.47 Å². The molecule has 2 N–H and O–H groups in total. The summed E-state index contributed by atoms with van der Waals surface area (Å²) in [6.07, 6.45) is 1.30. The maximum absolute atomic E-state index is 13.2. The molecule has 19 heavy (non-hydrogen) atoms. The van der Waals surface area contributed by atoms with E-state index in [1.807, 2.05) is 12.1 Å². The lowest BCUT2D eigenvalue weighted by atomic mass is 10.1. The Bertz CT molecular complexity index is 785.